The van der Waals surface area contributed by atoms with Gasteiger partial charge >= 0.3 is 5.97 Å². The SMILES string of the molecule is CCCC(/C=C/CCCC(=O)O)SC. The van der Waals surface area contributed by atoms with Crippen LogP contribution in [0, 0.1) is 0 Å². The first-order valence-electron chi connectivity index (χ1n) is 5.12. The van der Waals surface area contributed by atoms with Gasteiger partial charge in [-0.3, -0.25) is 4.79 Å². The number of hydrogen-bond donors (Lipinski definition) is 1. The Morgan fingerprint density at radius 3 is 2.79 bits per heavy atom. The normalized spacial score (nSPS) is 13.3. The molecule has 0 rings (SSSR count). The topological polar surface area (TPSA) is 37.3 Å². The quantitative estimate of drug-likeness (QED) is 0.499. The second-order valence-electron chi connectivity index (χ2n) is 3.28. The third-order valence-electron chi connectivity index (χ3n) is 1.99. The van der Waals surface area contributed by atoms with E-state index in [2.05, 4.69) is 25.3 Å². The van der Waals surface area contributed by atoms with Gasteiger partial charge in [-0.05, 0) is 25.5 Å². The number of hydrogen-bond acceptors (Lipinski definition) is 2. The molecule has 82 valence electrons. The van der Waals surface area contributed by atoms with E-state index in [1.807, 2.05) is 11.8 Å². The van der Waals surface area contributed by atoms with E-state index in [0.717, 1.165) is 12.8 Å². The molecule has 0 amide bonds. The molecule has 1 atom stereocenters. The summed E-state index contributed by atoms with van der Waals surface area (Å²) in [5.74, 6) is -0.701. The third kappa shape index (κ3) is 8.17. The van der Waals surface area contributed by atoms with Gasteiger partial charge < -0.3 is 5.11 Å². The smallest absolute Gasteiger partial charge is 0.303 e. The predicted molar refractivity (Wildman–Crippen MR) is 62.8 cm³/mol. The van der Waals surface area contributed by atoms with Crippen LogP contribution in [0.4, 0.5) is 0 Å². The summed E-state index contributed by atoms with van der Waals surface area (Å²) >= 11 is 1.86. The molecule has 0 aliphatic rings. The number of allylic oxidation sites excluding steroid dienone is 1. The third-order valence-corrected chi connectivity index (χ3v) is 2.99. The van der Waals surface area contributed by atoms with Crippen LogP contribution in [0.5, 0.6) is 0 Å². The summed E-state index contributed by atoms with van der Waals surface area (Å²) in [7, 11) is 0. The Morgan fingerprint density at radius 1 is 1.57 bits per heavy atom. The highest BCUT2D eigenvalue weighted by Gasteiger charge is 1.99. The molecule has 0 saturated carbocycles. The Kier molecular flexibility index (Phi) is 8.84. The second kappa shape index (κ2) is 9.13. The van der Waals surface area contributed by atoms with Gasteiger partial charge in [-0.15, -0.1) is 0 Å². The summed E-state index contributed by atoms with van der Waals surface area (Å²) in [4.78, 5) is 10.2. The molecule has 0 aromatic carbocycles. The maximum absolute atomic E-state index is 10.2. The van der Waals surface area contributed by atoms with Crippen molar-refractivity contribution in [1.82, 2.24) is 0 Å². The van der Waals surface area contributed by atoms with Crippen molar-refractivity contribution in [1.29, 1.82) is 0 Å². The number of rotatable bonds is 8. The number of carbonyl (C=O) groups is 1. The number of unbranched alkanes of at least 4 members (excludes halogenated alkanes) is 1. The highest BCUT2D eigenvalue weighted by Crippen LogP contribution is 2.14. The Labute approximate surface area is 90.8 Å². The van der Waals surface area contributed by atoms with Crippen molar-refractivity contribution in [3.63, 3.8) is 0 Å². The molecule has 0 aliphatic heterocycles. The van der Waals surface area contributed by atoms with Crippen molar-refractivity contribution in [2.45, 2.75) is 44.3 Å². The Hall–Kier alpha value is -0.440. The first-order valence-corrected chi connectivity index (χ1v) is 6.40. The van der Waals surface area contributed by atoms with Crippen LogP contribution in [-0.4, -0.2) is 22.6 Å². The predicted octanol–water partition coefficient (Wildman–Crippen LogP) is 3.33. The first-order chi connectivity index (χ1) is 6.70. The van der Waals surface area contributed by atoms with Crippen molar-refractivity contribution in [3.05, 3.63) is 12.2 Å². The van der Waals surface area contributed by atoms with E-state index in [-0.39, 0.29) is 6.42 Å². The molecule has 1 unspecified atom stereocenters. The minimum Gasteiger partial charge on any atom is -0.481 e. The minimum absolute atomic E-state index is 0.280. The molecule has 0 saturated heterocycles. The number of thioether (sulfide) groups is 1. The zero-order valence-electron chi connectivity index (χ0n) is 9.03. The number of carboxylic acids is 1. The van der Waals surface area contributed by atoms with Gasteiger partial charge in [-0.1, -0.05) is 25.5 Å². The molecule has 0 aromatic rings. The van der Waals surface area contributed by atoms with Crippen LogP contribution in [0.1, 0.15) is 39.0 Å². The van der Waals surface area contributed by atoms with Crippen LogP contribution >= 0.6 is 11.8 Å². The average Bonchev–Trinajstić information content (AvgIpc) is 2.15. The molecule has 0 heterocycles. The molecular formula is C11H20O2S. The molecule has 0 aliphatic carbocycles. The molecule has 1 N–H and O–H groups in total. The monoisotopic (exact) mass is 216 g/mol. The van der Waals surface area contributed by atoms with Gasteiger partial charge in [0.1, 0.15) is 0 Å². The van der Waals surface area contributed by atoms with Crippen LogP contribution in [-0.2, 0) is 4.79 Å². The minimum atomic E-state index is -0.701. The lowest BCUT2D eigenvalue weighted by molar-refractivity contribution is -0.137. The van der Waals surface area contributed by atoms with E-state index in [0.29, 0.717) is 5.25 Å². The maximum Gasteiger partial charge on any atom is 0.303 e. The molecule has 0 bridgehead atoms. The molecule has 3 heteroatoms. The van der Waals surface area contributed by atoms with E-state index < -0.39 is 5.97 Å². The van der Waals surface area contributed by atoms with Gasteiger partial charge in [0.05, 0.1) is 0 Å². The summed E-state index contributed by atoms with van der Waals surface area (Å²) < 4.78 is 0. The van der Waals surface area contributed by atoms with Crippen molar-refractivity contribution in [2.24, 2.45) is 0 Å². The van der Waals surface area contributed by atoms with Gasteiger partial charge in [0.15, 0.2) is 0 Å². The van der Waals surface area contributed by atoms with Crippen molar-refractivity contribution >= 4 is 17.7 Å². The molecule has 0 radical (unpaired) electrons. The lowest BCUT2D eigenvalue weighted by Crippen LogP contribution is -1.96. The van der Waals surface area contributed by atoms with Crippen molar-refractivity contribution < 1.29 is 9.90 Å². The molecule has 0 spiro atoms. The largest absolute Gasteiger partial charge is 0.481 e. The highest BCUT2D eigenvalue weighted by atomic mass is 32.2. The molecular weight excluding hydrogens is 196 g/mol. The lowest BCUT2D eigenvalue weighted by Gasteiger charge is -2.06. The maximum atomic E-state index is 10.2. The van der Waals surface area contributed by atoms with Crippen LogP contribution < -0.4 is 0 Å². The van der Waals surface area contributed by atoms with Gasteiger partial charge in [0, 0.05) is 11.7 Å². The van der Waals surface area contributed by atoms with Gasteiger partial charge in [0.2, 0.25) is 0 Å². The van der Waals surface area contributed by atoms with Crippen LogP contribution in [0.25, 0.3) is 0 Å². The first kappa shape index (κ1) is 13.6. The summed E-state index contributed by atoms with van der Waals surface area (Å²) in [6, 6.07) is 0. The molecule has 0 fully saturated rings. The standard InChI is InChI=1S/C11H20O2S/c1-3-7-10(14-2)8-5-4-6-9-11(12)13/h5,8,10H,3-4,6-7,9H2,1-2H3,(H,12,13)/b8-5+. The van der Waals surface area contributed by atoms with Crippen LogP contribution in [0.3, 0.4) is 0 Å². The van der Waals surface area contributed by atoms with Gasteiger partial charge in [-0.2, -0.15) is 11.8 Å². The zero-order valence-corrected chi connectivity index (χ0v) is 9.85. The number of carboxylic acid groups (broad SMARTS) is 1. The van der Waals surface area contributed by atoms with Crippen molar-refractivity contribution in [2.75, 3.05) is 6.26 Å². The fraction of sp³-hybridized carbons (Fsp3) is 0.727. The van der Waals surface area contributed by atoms with Crippen LogP contribution in [0.15, 0.2) is 12.2 Å². The summed E-state index contributed by atoms with van der Waals surface area (Å²) in [5, 5.41) is 9.03. The molecule has 14 heavy (non-hydrogen) atoms. The van der Waals surface area contributed by atoms with Crippen molar-refractivity contribution in [3.8, 4) is 0 Å². The summed E-state index contributed by atoms with van der Waals surface area (Å²) in [5.41, 5.74) is 0. The van der Waals surface area contributed by atoms with E-state index >= 15 is 0 Å². The summed E-state index contributed by atoms with van der Waals surface area (Å²) in [6.07, 6.45) is 10.7. The Balaban J connectivity index is 3.53. The van der Waals surface area contributed by atoms with Gasteiger partial charge in [0.25, 0.3) is 0 Å². The Morgan fingerprint density at radius 2 is 2.29 bits per heavy atom. The van der Waals surface area contributed by atoms with Crippen LogP contribution in [0.2, 0.25) is 0 Å². The second-order valence-corrected chi connectivity index (χ2v) is 4.35. The fourth-order valence-corrected chi connectivity index (χ4v) is 1.94. The van der Waals surface area contributed by atoms with E-state index in [4.69, 9.17) is 5.11 Å². The van der Waals surface area contributed by atoms with E-state index in [1.54, 1.807) is 0 Å². The average molecular weight is 216 g/mol. The lowest BCUT2D eigenvalue weighted by atomic mass is 10.2. The number of aliphatic carboxylic acids is 1. The summed E-state index contributed by atoms with van der Waals surface area (Å²) in [6.45, 7) is 2.18. The Bertz CT molecular complexity index is 178. The van der Waals surface area contributed by atoms with E-state index in [1.165, 1.54) is 12.8 Å². The fourth-order valence-electron chi connectivity index (χ4n) is 1.20. The van der Waals surface area contributed by atoms with Gasteiger partial charge in [-0.25, -0.2) is 0 Å². The van der Waals surface area contributed by atoms with E-state index in [9.17, 15) is 4.79 Å². The highest BCUT2D eigenvalue weighted by molar-refractivity contribution is 7.99. The molecule has 2 nitrogen and oxygen atoms in total. The zero-order chi connectivity index (χ0) is 10.8. The molecule has 0 aromatic heterocycles.